The predicted octanol–water partition coefficient (Wildman–Crippen LogP) is -0.263. The van der Waals surface area contributed by atoms with E-state index in [0.29, 0.717) is 12.2 Å². The van der Waals surface area contributed by atoms with Crippen molar-refractivity contribution in [3.63, 3.8) is 0 Å². The number of nitrogens with one attached hydrogen (secondary N) is 1. The van der Waals surface area contributed by atoms with Gasteiger partial charge in [-0.25, -0.2) is 4.79 Å². The molecule has 3 nitrogen and oxygen atoms in total. The molecule has 0 atom stereocenters. The van der Waals surface area contributed by atoms with Crippen LogP contribution in [0.4, 0.5) is 0 Å². The Morgan fingerprint density at radius 2 is 2.14 bits per heavy atom. The van der Waals surface area contributed by atoms with Crippen LogP contribution in [0.3, 0.4) is 0 Å². The van der Waals surface area contributed by atoms with Crippen molar-refractivity contribution in [1.29, 1.82) is 0 Å². The lowest BCUT2D eigenvalue weighted by atomic mass is 10.4. The Labute approximate surface area is 89.5 Å². The third kappa shape index (κ3) is 4.15. The van der Waals surface area contributed by atoms with Crippen LogP contribution in [0.15, 0.2) is 12.2 Å². The monoisotopic (exact) mass is 216 g/mol. The number of ether oxygens (including phenoxy) is 1. The van der Waals surface area contributed by atoms with Crippen molar-refractivity contribution in [2.45, 2.75) is 6.92 Å². The number of thioether (sulfide) groups is 1. The molecular weight excluding hydrogens is 198 g/mol. The molecule has 14 heavy (non-hydrogen) atoms. The van der Waals surface area contributed by atoms with Gasteiger partial charge >= 0.3 is 5.97 Å². The number of hydrogen-bond acceptors (Lipinski definition) is 3. The quantitative estimate of drug-likeness (QED) is 0.519. The van der Waals surface area contributed by atoms with Crippen molar-refractivity contribution in [2.75, 3.05) is 37.7 Å². The molecule has 0 bridgehead atoms. The molecule has 1 aliphatic rings. The van der Waals surface area contributed by atoms with Gasteiger partial charge in [-0.1, -0.05) is 6.58 Å². The summed E-state index contributed by atoms with van der Waals surface area (Å²) < 4.78 is 5.04. The maximum atomic E-state index is 11.0. The summed E-state index contributed by atoms with van der Waals surface area (Å²) in [5.41, 5.74) is 0.481. The first kappa shape index (κ1) is 11.6. The second-order valence-electron chi connectivity index (χ2n) is 3.53. The van der Waals surface area contributed by atoms with Gasteiger partial charge in [0.15, 0.2) is 0 Å². The minimum Gasteiger partial charge on any atom is -0.456 e. The van der Waals surface area contributed by atoms with Gasteiger partial charge in [0, 0.05) is 17.1 Å². The van der Waals surface area contributed by atoms with Crippen molar-refractivity contribution in [1.82, 2.24) is 0 Å². The average Bonchev–Trinajstić information content (AvgIpc) is 2.19. The molecule has 1 saturated heterocycles. The first-order valence-corrected chi connectivity index (χ1v) is 6.09. The van der Waals surface area contributed by atoms with Gasteiger partial charge in [0.1, 0.15) is 13.2 Å². The topological polar surface area (TPSA) is 30.7 Å². The Balaban J connectivity index is 2.08. The zero-order chi connectivity index (χ0) is 10.4. The van der Waals surface area contributed by atoms with Crippen molar-refractivity contribution in [2.24, 2.45) is 0 Å². The zero-order valence-electron chi connectivity index (χ0n) is 8.67. The molecule has 0 aliphatic carbocycles. The van der Waals surface area contributed by atoms with E-state index in [4.69, 9.17) is 4.74 Å². The summed E-state index contributed by atoms with van der Waals surface area (Å²) in [4.78, 5) is 12.6. The molecule has 1 rings (SSSR count). The van der Waals surface area contributed by atoms with Gasteiger partial charge in [0.05, 0.1) is 13.1 Å². The largest absolute Gasteiger partial charge is 0.456 e. The SMILES string of the molecule is C=C(C)C(=O)OCC[NH+]1CCSCC1. The standard InChI is InChI=1S/C10H17NO2S/c1-9(2)10(12)13-6-3-11-4-7-14-8-5-11/h1,3-8H2,2H3/p+1. The van der Waals surface area contributed by atoms with E-state index in [9.17, 15) is 4.79 Å². The van der Waals surface area contributed by atoms with E-state index in [2.05, 4.69) is 6.58 Å². The highest BCUT2D eigenvalue weighted by Crippen LogP contribution is 1.97. The summed E-state index contributed by atoms with van der Waals surface area (Å²) in [6, 6.07) is 0. The van der Waals surface area contributed by atoms with Gasteiger partial charge < -0.3 is 9.64 Å². The van der Waals surface area contributed by atoms with Gasteiger partial charge in [-0.05, 0) is 6.92 Å². The second kappa shape index (κ2) is 6.09. The Morgan fingerprint density at radius 1 is 1.50 bits per heavy atom. The van der Waals surface area contributed by atoms with Gasteiger partial charge in [-0.3, -0.25) is 0 Å². The van der Waals surface area contributed by atoms with Gasteiger partial charge in [0.2, 0.25) is 0 Å². The fraction of sp³-hybridized carbons (Fsp3) is 0.700. The first-order chi connectivity index (χ1) is 6.70. The molecule has 0 unspecified atom stereocenters. The molecule has 1 aliphatic heterocycles. The lowest BCUT2D eigenvalue weighted by molar-refractivity contribution is -0.896. The van der Waals surface area contributed by atoms with E-state index in [1.807, 2.05) is 11.8 Å². The summed E-state index contributed by atoms with van der Waals surface area (Å²) in [7, 11) is 0. The van der Waals surface area contributed by atoms with E-state index < -0.39 is 0 Å². The van der Waals surface area contributed by atoms with Crippen LogP contribution in [0.2, 0.25) is 0 Å². The molecule has 1 heterocycles. The Morgan fingerprint density at radius 3 is 2.71 bits per heavy atom. The predicted molar refractivity (Wildman–Crippen MR) is 58.7 cm³/mol. The number of hydrogen-bond donors (Lipinski definition) is 1. The molecule has 1 fully saturated rings. The molecule has 0 radical (unpaired) electrons. The molecule has 1 N–H and O–H groups in total. The van der Waals surface area contributed by atoms with Crippen LogP contribution in [0.25, 0.3) is 0 Å². The molecule has 0 aromatic rings. The number of quaternary nitrogens is 1. The Kier molecular flexibility index (Phi) is 5.04. The molecule has 0 aromatic carbocycles. The van der Waals surface area contributed by atoms with Crippen LogP contribution in [0.1, 0.15) is 6.92 Å². The highest BCUT2D eigenvalue weighted by atomic mass is 32.2. The molecule has 0 spiro atoms. The van der Waals surface area contributed by atoms with E-state index in [1.54, 1.807) is 11.8 Å². The third-order valence-corrected chi connectivity index (χ3v) is 3.22. The van der Waals surface area contributed by atoms with Crippen molar-refractivity contribution in [3.8, 4) is 0 Å². The fourth-order valence-electron chi connectivity index (χ4n) is 1.32. The summed E-state index contributed by atoms with van der Waals surface area (Å²) >= 11 is 2.00. The van der Waals surface area contributed by atoms with Crippen LogP contribution in [0, 0.1) is 0 Å². The fourth-order valence-corrected chi connectivity index (χ4v) is 2.39. The number of rotatable bonds is 4. The van der Waals surface area contributed by atoms with Crippen molar-refractivity contribution < 1.29 is 14.4 Å². The smallest absolute Gasteiger partial charge is 0.333 e. The van der Waals surface area contributed by atoms with E-state index in [0.717, 1.165) is 6.54 Å². The molecule has 4 heteroatoms. The molecule has 0 saturated carbocycles. The van der Waals surface area contributed by atoms with E-state index in [-0.39, 0.29) is 5.97 Å². The van der Waals surface area contributed by atoms with Gasteiger partial charge in [0.25, 0.3) is 0 Å². The Hall–Kier alpha value is -0.480. The summed E-state index contributed by atoms with van der Waals surface area (Å²) in [5.74, 6) is 2.18. The van der Waals surface area contributed by atoms with Crippen LogP contribution in [-0.2, 0) is 9.53 Å². The van der Waals surface area contributed by atoms with Crippen LogP contribution >= 0.6 is 11.8 Å². The summed E-state index contributed by atoms with van der Waals surface area (Å²) in [5, 5.41) is 0. The lowest BCUT2D eigenvalue weighted by Gasteiger charge is -2.22. The molecule has 80 valence electrons. The van der Waals surface area contributed by atoms with Crippen molar-refractivity contribution in [3.05, 3.63) is 12.2 Å². The minimum atomic E-state index is -0.268. The summed E-state index contributed by atoms with van der Waals surface area (Å²) in [6.45, 7) is 9.04. The maximum absolute atomic E-state index is 11.0. The molecule has 0 amide bonds. The minimum absolute atomic E-state index is 0.268. The number of esters is 1. The second-order valence-corrected chi connectivity index (χ2v) is 4.75. The van der Waals surface area contributed by atoms with Gasteiger partial charge in [-0.2, -0.15) is 11.8 Å². The normalized spacial score (nSPS) is 17.8. The van der Waals surface area contributed by atoms with Crippen molar-refractivity contribution >= 4 is 17.7 Å². The lowest BCUT2D eigenvalue weighted by Crippen LogP contribution is -3.14. The van der Waals surface area contributed by atoms with Crippen LogP contribution in [-0.4, -0.2) is 43.7 Å². The summed E-state index contributed by atoms with van der Waals surface area (Å²) in [6.07, 6.45) is 0. The van der Waals surface area contributed by atoms with Gasteiger partial charge in [-0.15, -0.1) is 0 Å². The van der Waals surface area contributed by atoms with Crippen LogP contribution in [0.5, 0.6) is 0 Å². The highest BCUT2D eigenvalue weighted by Gasteiger charge is 2.14. The first-order valence-electron chi connectivity index (χ1n) is 4.94. The Bertz CT molecular complexity index is 212. The average molecular weight is 216 g/mol. The number of carbonyl (C=O) groups excluding carboxylic acids is 1. The third-order valence-electron chi connectivity index (χ3n) is 2.24. The van der Waals surface area contributed by atoms with E-state index >= 15 is 0 Å². The van der Waals surface area contributed by atoms with Crippen LogP contribution < -0.4 is 4.90 Å². The number of carbonyl (C=O) groups is 1. The highest BCUT2D eigenvalue weighted by molar-refractivity contribution is 7.99. The molecular formula is C10H18NO2S+. The van der Waals surface area contributed by atoms with E-state index in [1.165, 1.54) is 24.6 Å². The maximum Gasteiger partial charge on any atom is 0.333 e. The zero-order valence-corrected chi connectivity index (χ0v) is 9.49. The molecule has 0 aromatic heterocycles.